The molecule has 2 nitrogen and oxygen atoms in total. The van der Waals surface area contributed by atoms with Crippen LogP contribution in [-0.2, 0) is 4.74 Å². The minimum absolute atomic E-state index is 0.0404. The molecule has 2 atom stereocenters. The van der Waals surface area contributed by atoms with Crippen LogP contribution in [0.4, 0.5) is 0 Å². The first-order chi connectivity index (χ1) is 4.36. The van der Waals surface area contributed by atoms with Gasteiger partial charge in [-0.05, 0) is 25.7 Å². The fraction of sp³-hybridized carbons (Fsp3) is 1.00. The molecule has 52 valence electrons. The maximum atomic E-state index is 9.17. The van der Waals surface area contributed by atoms with Crippen LogP contribution in [0.5, 0.6) is 0 Å². The molecular weight excluding hydrogens is 116 g/mol. The fourth-order valence-corrected chi connectivity index (χ4v) is 1.54. The van der Waals surface area contributed by atoms with E-state index in [1.54, 1.807) is 0 Å². The van der Waals surface area contributed by atoms with Crippen molar-refractivity contribution in [2.45, 2.75) is 44.0 Å². The van der Waals surface area contributed by atoms with E-state index in [1.807, 2.05) is 0 Å². The van der Waals surface area contributed by atoms with Crippen molar-refractivity contribution in [1.29, 1.82) is 0 Å². The molecule has 0 aromatic carbocycles. The number of aliphatic hydroxyl groups excluding tert-OH is 1. The number of epoxide rings is 1. The molecule has 0 radical (unpaired) electrons. The van der Waals surface area contributed by atoms with Crippen molar-refractivity contribution in [3.8, 4) is 0 Å². The average molecular weight is 128 g/mol. The third kappa shape index (κ3) is 1.10. The van der Waals surface area contributed by atoms with Gasteiger partial charge >= 0.3 is 0 Å². The summed E-state index contributed by atoms with van der Waals surface area (Å²) < 4.78 is 5.30. The van der Waals surface area contributed by atoms with E-state index in [0.717, 1.165) is 25.7 Å². The van der Waals surface area contributed by atoms with Crippen LogP contribution in [0.25, 0.3) is 0 Å². The molecular formula is C7H12O2. The zero-order valence-electron chi connectivity index (χ0n) is 5.42. The number of hydrogen-bond acceptors (Lipinski definition) is 2. The fourth-order valence-electron chi connectivity index (χ4n) is 1.54. The van der Waals surface area contributed by atoms with Crippen LogP contribution in [0.15, 0.2) is 0 Å². The molecule has 2 unspecified atom stereocenters. The summed E-state index contributed by atoms with van der Waals surface area (Å²) >= 11 is 0. The van der Waals surface area contributed by atoms with Gasteiger partial charge < -0.3 is 9.84 Å². The Kier molecular flexibility index (Phi) is 1.24. The quantitative estimate of drug-likeness (QED) is 0.487. The Balaban J connectivity index is 1.89. The van der Waals surface area contributed by atoms with Crippen molar-refractivity contribution in [3.63, 3.8) is 0 Å². The van der Waals surface area contributed by atoms with E-state index in [0.29, 0.717) is 12.2 Å². The summed E-state index contributed by atoms with van der Waals surface area (Å²) in [6.07, 6.45) is 5.03. The van der Waals surface area contributed by atoms with Gasteiger partial charge in [0.05, 0.1) is 18.3 Å². The first kappa shape index (κ1) is 5.69. The SMILES string of the molecule is OC1CCC2OC2CC1. The highest BCUT2D eigenvalue weighted by molar-refractivity contribution is 4.88. The van der Waals surface area contributed by atoms with Crippen LogP contribution in [-0.4, -0.2) is 23.4 Å². The van der Waals surface area contributed by atoms with Crippen molar-refractivity contribution < 1.29 is 9.84 Å². The van der Waals surface area contributed by atoms with Gasteiger partial charge in [-0.2, -0.15) is 0 Å². The maximum Gasteiger partial charge on any atom is 0.0842 e. The van der Waals surface area contributed by atoms with Gasteiger partial charge in [0.15, 0.2) is 0 Å². The van der Waals surface area contributed by atoms with E-state index < -0.39 is 0 Å². The molecule has 9 heavy (non-hydrogen) atoms. The lowest BCUT2D eigenvalue weighted by Crippen LogP contribution is -2.04. The van der Waals surface area contributed by atoms with E-state index in [2.05, 4.69) is 0 Å². The molecule has 1 saturated heterocycles. The van der Waals surface area contributed by atoms with E-state index in [4.69, 9.17) is 4.74 Å². The van der Waals surface area contributed by atoms with E-state index in [1.165, 1.54) is 0 Å². The highest BCUT2D eigenvalue weighted by Crippen LogP contribution is 2.34. The first-order valence-electron chi connectivity index (χ1n) is 3.70. The van der Waals surface area contributed by atoms with Gasteiger partial charge in [-0.3, -0.25) is 0 Å². The molecule has 2 aliphatic rings. The van der Waals surface area contributed by atoms with Crippen LogP contribution in [0.3, 0.4) is 0 Å². The monoisotopic (exact) mass is 128 g/mol. The summed E-state index contributed by atoms with van der Waals surface area (Å²) in [7, 11) is 0. The standard InChI is InChI=1S/C7H12O2/c8-5-1-3-6-7(9-6)4-2-5/h5-8H,1-4H2. The molecule has 1 heterocycles. The Morgan fingerprint density at radius 2 is 1.56 bits per heavy atom. The highest BCUT2D eigenvalue weighted by Gasteiger charge is 2.40. The largest absolute Gasteiger partial charge is 0.393 e. The Morgan fingerprint density at radius 1 is 1.00 bits per heavy atom. The van der Waals surface area contributed by atoms with Gasteiger partial charge in [0.25, 0.3) is 0 Å². The predicted molar refractivity (Wildman–Crippen MR) is 33.1 cm³/mol. The number of rotatable bonds is 0. The number of ether oxygens (including phenoxy) is 1. The van der Waals surface area contributed by atoms with Crippen LogP contribution in [0, 0.1) is 0 Å². The van der Waals surface area contributed by atoms with E-state index in [-0.39, 0.29) is 6.10 Å². The summed E-state index contributed by atoms with van der Waals surface area (Å²) in [6, 6.07) is 0. The van der Waals surface area contributed by atoms with Crippen molar-refractivity contribution in [3.05, 3.63) is 0 Å². The second-order valence-corrected chi connectivity index (χ2v) is 3.02. The molecule has 1 aliphatic heterocycles. The Morgan fingerprint density at radius 3 is 2.11 bits per heavy atom. The molecule has 0 amide bonds. The summed E-state index contributed by atoms with van der Waals surface area (Å²) in [6.45, 7) is 0. The summed E-state index contributed by atoms with van der Waals surface area (Å²) in [4.78, 5) is 0. The minimum atomic E-state index is -0.0404. The third-order valence-electron chi connectivity index (χ3n) is 2.26. The van der Waals surface area contributed by atoms with Crippen molar-refractivity contribution in [2.24, 2.45) is 0 Å². The minimum Gasteiger partial charge on any atom is -0.393 e. The Hall–Kier alpha value is -0.0800. The third-order valence-corrected chi connectivity index (χ3v) is 2.26. The molecule has 0 spiro atoms. The van der Waals surface area contributed by atoms with Crippen molar-refractivity contribution in [2.75, 3.05) is 0 Å². The average Bonchev–Trinajstić information content (AvgIpc) is 2.54. The molecule has 1 saturated carbocycles. The topological polar surface area (TPSA) is 32.8 Å². The maximum absolute atomic E-state index is 9.17. The Labute approximate surface area is 54.8 Å². The van der Waals surface area contributed by atoms with Crippen LogP contribution < -0.4 is 0 Å². The van der Waals surface area contributed by atoms with Gasteiger partial charge in [-0.15, -0.1) is 0 Å². The van der Waals surface area contributed by atoms with Crippen molar-refractivity contribution in [1.82, 2.24) is 0 Å². The van der Waals surface area contributed by atoms with Gasteiger partial charge in [0.2, 0.25) is 0 Å². The zero-order chi connectivity index (χ0) is 6.27. The van der Waals surface area contributed by atoms with Crippen molar-refractivity contribution >= 4 is 0 Å². The normalized spacial score (nSPS) is 49.7. The highest BCUT2D eigenvalue weighted by atomic mass is 16.6. The molecule has 2 fully saturated rings. The summed E-state index contributed by atoms with van der Waals surface area (Å²) in [5.74, 6) is 0. The lowest BCUT2D eigenvalue weighted by atomic mass is 10.1. The Bertz CT molecular complexity index is 97.5. The van der Waals surface area contributed by atoms with Gasteiger partial charge in [0.1, 0.15) is 0 Å². The first-order valence-corrected chi connectivity index (χ1v) is 3.70. The van der Waals surface area contributed by atoms with Gasteiger partial charge in [0, 0.05) is 0 Å². The second kappa shape index (κ2) is 1.96. The zero-order valence-corrected chi connectivity index (χ0v) is 5.42. The molecule has 2 heteroatoms. The molecule has 0 bridgehead atoms. The van der Waals surface area contributed by atoms with Crippen LogP contribution >= 0.6 is 0 Å². The molecule has 2 rings (SSSR count). The lowest BCUT2D eigenvalue weighted by Gasteiger charge is -2.04. The summed E-state index contributed by atoms with van der Waals surface area (Å²) in [5, 5.41) is 9.17. The number of aliphatic hydroxyl groups is 1. The number of hydrogen-bond donors (Lipinski definition) is 1. The van der Waals surface area contributed by atoms with Gasteiger partial charge in [-0.1, -0.05) is 0 Å². The van der Waals surface area contributed by atoms with Crippen LogP contribution in [0.2, 0.25) is 0 Å². The number of fused-ring (bicyclic) bond motifs is 1. The van der Waals surface area contributed by atoms with Crippen LogP contribution in [0.1, 0.15) is 25.7 Å². The second-order valence-electron chi connectivity index (χ2n) is 3.02. The molecule has 1 aliphatic carbocycles. The summed E-state index contributed by atoms with van der Waals surface area (Å²) in [5.41, 5.74) is 0. The predicted octanol–water partition coefficient (Wildman–Crippen LogP) is 0.689. The molecule has 1 N–H and O–H groups in total. The lowest BCUT2D eigenvalue weighted by molar-refractivity contribution is 0.140. The van der Waals surface area contributed by atoms with Gasteiger partial charge in [-0.25, -0.2) is 0 Å². The molecule has 0 aromatic heterocycles. The van der Waals surface area contributed by atoms with E-state index >= 15 is 0 Å². The van der Waals surface area contributed by atoms with E-state index in [9.17, 15) is 5.11 Å². The smallest absolute Gasteiger partial charge is 0.0842 e. The molecule has 0 aromatic rings.